The molecule has 0 saturated carbocycles. The molecule has 1 rings (SSSR count). The van der Waals surface area contributed by atoms with Crippen LogP contribution >= 0.6 is 15.9 Å². The second-order valence-electron chi connectivity index (χ2n) is 3.66. The van der Waals surface area contributed by atoms with Gasteiger partial charge in [-0.25, -0.2) is 12.8 Å². The summed E-state index contributed by atoms with van der Waals surface area (Å²) in [6.07, 6.45) is 0. The number of alkyl halides is 1. The van der Waals surface area contributed by atoms with Gasteiger partial charge in [-0.3, -0.25) is 4.79 Å². The van der Waals surface area contributed by atoms with Crippen LogP contribution in [-0.2, 0) is 9.84 Å². The number of benzene rings is 1. The van der Waals surface area contributed by atoms with Gasteiger partial charge in [-0.2, -0.15) is 0 Å². The average Bonchev–Trinajstić information content (AvgIpc) is 2.28. The minimum atomic E-state index is -3.58. The second-order valence-corrected chi connectivity index (χ2v) is 8.39. The number of sulfone groups is 1. The third-order valence-electron chi connectivity index (χ3n) is 2.48. The van der Waals surface area contributed by atoms with Gasteiger partial charge in [-0.05, 0) is 31.2 Å². The van der Waals surface area contributed by atoms with Crippen LogP contribution in [0, 0.1) is 5.82 Å². The van der Waals surface area contributed by atoms with Crippen LogP contribution in [0.3, 0.4) is 0 Å². The van der Waals surface area contributed by atoms with Crippen molar-refractivity contribution in [1.29, 1.82) is 0 Å². The molecule has 3 nitrogen and oxygen atoms in total. The summed E-state index contributed by atoms with van der Waals surface area (Å²) in [4.78, 5) is 12.0. The van der Waals surface area contributed by atoms with Gasteiger partial charge in [0.2, 0.25) is 0 Å². The van der Waals surface area contributed by atoms with E-state index in [4.69, 9.17) is 0 Å². The molecule has 17 heavy (non-hydrogen) atoms. The summed E-state index contributed by atoms with van der Waals surface area (Å²) in [6.45, 7) is 2.75. The van der Waals surface area contributed by atoms with Crippen LogP contribution in [0.5, 0.6) is 0 Å². The van der Waals surface area contributed by atoms with Gasteiger partial charge < -0.3 is 0 Å². The molecular formula is C11H12BrFO3S. The molecule has 0 fully saturated rings. The molecule has 0 unspecified atom stereocenters. The van der Waals surface area contributed by atoms with E-state index in [0.29, 0.717) is 0 Å². The Bertz CT molecular complexity index is 520. The van der Waals surface area contributed by atoms with E-state index in [9.17, 15) is 17.6 Å². The largest absolute Gasteiger partial charge is 0.291 e. The molecule has 0 saturated heterocycles. The quantitative estimate of drug-likeness (QED) is 0.632. The lowest BCUT2D eigenvalue weighted by Crippen LogP contribution is -2.38. The van der Waals surface area contributed by atoms with Crippen LogP contribution in [0.25, 0.3) is 0 Å². The van der Waals surface area contributed by atoms with Gasteiger partial charge in [0.1, 0.15) is 5.82 Å². The zero-order valence-corrected chi connectivity index (χ0v) is 11.8. The van der Waals surface area contributed by atoms with Crippen LogP contribution < -0.4 is 0 Å². The fraction of sp³-hybridized carbons (Fsp3) is 0.364. The van der Waals surface area contributed by atoms with E-state index >= 15 is 0 Å². The van der Waals surface area contributed by atoms with Crippen molar-refractivity contribution in [3.63, 3.8) is 0 Å². The minimum Gasteiger partial charge on any atom is -0.291 e. The predicted molar refractivity (Wildman–Crippen MR) is 67.5 cm³/mol. The molecule has 1 aromatic carbocycles. The number of halogens is 2. The number of ketones is 1. The molecule has 0 N–H and O–H groups in total. The van der Waals surface area contributed by atoms with Crippen molar-refractivity contribution in [2.75, 3.05) is 5.75 Å². The maximum Gasteiger partial charge on any atom is 0.194 e. The topological polar surface area (TPSA) is 51.2 Å². The number of Topliss-reactive ketones (excluding diaryl/α,β-unsaturated/α-hetero) is 1. The first-order valence-corrected chi connectivity index (χ1v) is 7.38. The molecule has 0 radical (unpaired) electrons. The van der Waals surface area contributed by atoms with E-state index in [1.165, 1.54) is 26.0 Å². The lowest BCUT2D eigenvalue weighted by atomic mass is 10.1. The third kappa shape index (κ3) is 2.74. The summed E-state index contributed by atoms with van der Waals surface area (Å²) >= 11 is 2.95. The smallest absolute Gasteiger partial charge is 0.194 e. The zero-order chi connectivity index (χ0) is 13.3. The Labute approximate surface area is 108 Å². The van der Waals surface area contributed by atoms with Crippen LogP contribution in [0.1, 0.15) is 24.2 Å². The Kier molecular flexibility index (Phi) is 4.09. The van der Waals surface area contributed by atoms with E-state index in [-0.39, 0.29) is 11.3 Å². The summed E-state index contributed by atoms with van der Waals surface area (Å²) in [6, 6.07) is 4.77. The van der Waals surface area contributed by atoms with E-state index in [1.54, 1.807) is 0 Å². The first kappa shape index (κ1) is 14.3. The first-order valence-electron chi connectivity index (χ1n) is 4.94. The summed E-state index contributed by atoms with van der Waals surface area (Å²) < 4.78 is 34.6. The van der Waals surface area contributed by atoms with Gasteiger partial charge in [0.15, 0.2) is 19.3 Å². The fourth-order valence-electron chi connectivity index (χ4n) is 1.27. The van der Waals surface area contributed by atoms with Gasteiger partial charge in [0.25, 0.3) is 0 Å². The molecule has 1 aromatic rings. The normalized spacial score (nSPS) is 15.3. The monoisotopic (exact) mass is 322 g/mol. The lowest BCUT2D eigenvalue weighted by molar-refractivity contribution is 0.0983. The summed E-state index contributed by atoms with van der Waals surface area (Å²) in [5, 5.41) is 0. The Balaban J connectivity index is 3.18. The Hall–Kier alpha value is -0.750. The van der Waals surface area contributed by atoms with Crippen molar-refractivity contribution >= 4 is 31.6 Å². The molecule has 6 heteroatoms. The van der Waals surface area contributed by atoms with Gasteiger partial charge in [-0.15, -0.1) is 0 Å². The van der Waals surface area contributed by atoms with E-state index in [0.717, 1.165) is 12.1 Å². The standard InChI is InChI=1S/C11H12BrFO3S/c1-3-17(15,16)11(2,12)10(14)8-4-6-9(13)7-5-8/h4-7H,3H2,1-2H3/t11-/m1/s1. The predicted octanol–water partition coefficient (Wildman–Crippen LogP) is 2.55. The van der Waals surface area contributed by atoms with E-state index < -0.39 is 25.1 Å². The highest BCUT2D eigenvalue weighted by atomic mass is 79.9. The fourth-order valence-corrected chi connectivity index (χ4v) is 3.13. The Morgan fingerprint density at radius 2 is 1.82 bits per heavy atom. The lowest BCUT2D eigenvalue weighted by Gasteiger charge is -2.20. The number of carbonyl (C=O) groups excluding carboxylic acids is 1. The average molecular weight is 323 g/mol. The van der Waals surface area contributed by atoms with E-state index in [2.05, 4.69) is 15.9 Å². The maximum atomic E-state index is 12.7. The molecule has 0 aliphatic carbocycles. The molecule has 0 amide bonds. The van der Waals surface area contributed by atoms with Crippen LogP contribution in [0.4, 0.5) is 4.39 Å². The van der Waals surface area contributed by atoms with E-state index in [1.807, 2.05) is 0 Å². The zero-order valence-electron chi connectivity index (χ0n) is 9.41. The van der Waals surface area contributed by atoms with Crippen LogP contribution in [0.15, 0.2) is 24.3 Å². The maximum absolute atomic E-state index is 12.7. The second kappa shape index (κ2) is 4.86. The third-order valence-corrected chi connectivity index (χ3v) is 6.43. The Morgan fingerprint density at radius 3 is 2.24 bits per heavy atom. The summed E-state index contributed by atoms with van der Waals surface area (Å²) in [7, 11) is -3.58. The summed E-state index contributed by atoms with van der Waals surface area (Å²) in [5.74, 6) is -1.22. The molecule has 94 valence electrons. The van der Waals surface area contributed by atoms with Crippen molar-refractivity contribution in [1.82, 2.24) is 0 Å². The molecule has 0 aromatic heterocycles. The highest BCUT2D eigenvalue weighted by molar-refractivity contribution is 9.12. The molecule has 0 aliphatic heterocycles. The number of hydrogen-bond acceptors (Lipinski definition) is 3. The first-order chi connectivity index (χ1) is 7.72. The number of rotatable bonds is 4. The molecule has 0 spiro atoms. The van der Waals surface area contributed by atoms with Gasteiger partial charge >= 0.3 is 0 Å². The SMILES string of the molecule is CCS(=O)(=O)[C@@](C)(Br)C(=O)c1ccc(F)cc1. The van der Waals surface area contributed by atoms with Crippen molar-refractivity contribution in [3.05, 3.63) is 35.6 Å². The van der Waals surface area contributed by atoms with Crippen molar-refractivity contribution in [2.24, 2.45) is 0 Å². The molecule has 0 heterocycles. The highest BCUT2D eigenvalue weighted by Crippen LogP contribution is 2.30. The van der Waals surface area contributed by atoms with Gasteiger partial charge in [-0.1, -0.05) is 22.9 Å². The number of carbonyl (C=O) groups is 1. The van der Waals surface area contributed by atoms with Crippen molar-refractivity contribution in [2.45, 2.75) is 17.5 Å². The number of hydrogen-bond donors (Lipinski definition) is 0. The van der Waals surface area contributed by atoms with Gasteiger partial charge in [0.05, 0.1) is 0 Å². The molecular weight excluding hydrogens is 311 g/mol. The van der Waals surface area contributed by atoms with Crippen LogP contribution in [-0.4, -0.2) is 23.6 Å². The molecule has 1 atom stereocenters. The van der Waals surface area contributed by atoms with Crippen molar-refractivity contribution < 1.29 is 17.6 Å². The van der Waals surface area contributed by atoms with Crippen molar-refractivity contribution in [3.8, 4) is 0 Å². The molecule has 0 aliphatic rings. The molecule has 0 bridgehead atoms. The Morgan fingerprint density at radius 1 is 1.35 bits per heavy atom. The summed E-state index contributed by atoms with van der Waals surface area (Å²) in [5.41, 5.74) is 0.155. The van der Waals surface area contributed by atoms with Gasteiger partial charge in [0, 0.05) is 11.3 Å². The minimum absolute atomic E-state index is 0.151. The van der Waals surface area contributed by atoms with Crippen LogP contribution in [0.2, 0.25) is 0 Å². The highest BCUT2D eigenvalue weighted by Gasteiger charge is 2.42.